The number of nitrogens with zero attached hydrogens (tertiary/aromatic N) is 1. The summed E-state index contributed by atoms with van der Waals surface area (Å²) in [6.45, 7) is 3.55. The van der Waals surface area contributed by atoms with Gasteiger partial charge in [0.1, 0.15) is 0 Å². The molecule has 0 aromatic heterocycles. The summed E-state index contributed by atoms with van der Waals surface area (Å²) in [6.07, 6.45) is 5.05. The molecule has 0 saturated carbocycles. The zero-order chi connectivity index (χ0) is 17.6. The fourth-order valence-corrected chi connectivity index (χ4v) is 3.36. The van der Waals surface area contributed by atoms with Crippen molar-refractivity contribution >= 4 is 58.8 Å². The van der Waals surface area contributed by atoms with Crippen molar-refractivity contribution in [1.82, 2.24) is 4.90 Å². The number of amides is 1. The Kier molecular flexibility index (Phi) is 8.67. The maximum absolute atomic E-state index is 12.3. The zero-order valence-corrected chi connectivity index (χ0v) is 18.4. The van der Waals surface area contributed by atoms with Gasteiger partial charge in [0, 0.05) is 17.8 Å². The Labute approximate surface area is 182 Å². The van der Waals surface area contributed by atoms with Crippen molar-refractivity contribution in [2.45, 2.75) is 25.7 Å². The largest absolute Gasteiger partial charge is 0.322 e. The van der Waals surface area contributed by atoms with Gasteiger partial charge in [-0.1, -0.05) is 41.8 Å². The van der Waals surface area contributed by atoms with Gasteiger partial charge in [-0.05, 0) is 68.2 Å². The monoisotopic (exact) mass is 504 g/mol. The van der Waals surface area contributed by atoms with Gasteiger partial charge in [-0.2, -0.15) is 0 Å². The first-order chi connectivity index (χ1) is 12.1. The lowest BCUT2D eigenvalue weighted by Crippen LogP contribution is -2.31. The third kappa shape index (κ3) is 6.12. The predicted molar refractivity (Wildman–Crippen MR) is 120 cm³/mol. The number of anilines is 1. The number of hydrogen-bond donors (Lipinski definition) is 1. The molecule has 1 saturated heterocycles. The summed E-state index contributed by atoms with van der Waals surface area (Å²) in [5, 5.41) is 3.70. The topological polar surface area (TPSA) is 32.3 Å². The number of likely N-dealkylation sites (tertiary alicyclic amines) is 1. The number of carbonyl (C=O) groups excluding carboxylic acids is 1. The smallest absolute Gasteiger partial charge is 0.255 e. The molecule has 0 unspecified atom stereocenters. The average Bonchev–Trinajstić information content (AvgIpc) is 2.64. The van der Waals surface area contributed by atoms with E-state index in [-0.39, 0.29) is 29.9 Å². The number of hydrogen-bond acceptors (Lipinski definition) is 2. The Hall–Kier alpha value is -0.820. The summed E-state index contributed by atoms with van der Waals surface area (Å²) in [5.74, 6) is -0.195. The highest BCUT2D eigenvalue weighted by atomic mass is 127. The van der Waals surface area contributed by atoms with Crippen LogP contribution in [-0.2, 0) is 6.42 Å². The van der Waals surface area contributed by atoms with Gasteiger partial charge in [0.15, 0.2) is 0 Å². The summed E-state index contributed by atoms with van der Waals surface area (Å²) in [6, 6.07) is 12.9. The molecule has 1 aliphatic rings. The van der Waals surface area contributed by atoms with Crippen LogP contribution in [0.2, 0.25) is 10.0 Å². The molecule has 2 aromatic carbocycles. The minimum atomic E-state index is -0.195. The molecular weight excluding hydrogens is 482 g/mol. The van der Waals surface area contributed by atoms with Crippen molar-refractivity contribution in [3.05, 3.63) is 63.6 Å². The fraction of sp³-hybridized carbons (Fsp3) is 0.350. The van der Waals surface area contributed by atoms with Crippen LogP contribution >= 0.6 is 47.2 Å². The first kappa shape index (κ1) is 21.5. The Morgan fingerprint density at radius 3 is 2.31 bits per heavy atom. The van der Waals surface area contributed by atoms with E-state index in [1.807, 2.05) is 12.1 Å². The van der Waals surface area contributed by atoms with E-state index in [1.165, 1.54) is 37.9 Å². The minimum Gasteiger partial charge on any atom is -0.322 e. The van der Waals surface area contributed by atoms with Crippen molar-refractivity contribution in [3.63, 3.8) is 0 Å². The molecule has 1 heterocycles. The molecule has 2 aromatic rings. The summed E-state index contributed by atoms with van der Waals surface area (Å²) in [7, 11) is 0. The van der Waals surface area contributed by atoms with Crippen LogP contribution in [0.4, 0.5) is 5.69 Å². The van der Waals surface area contributed by atoms with Crippen LogP contribution in [0.1, 0.15) is 35.2 Å². The molecule has 140 valence electrons. The van der Waals surface area contributed by atoms with E-state index < -0.39 is 0 Å². The van der Waals surface area contributed by atoms with E-state index in [9.17, 15) is 4.79 Å². The molecule has 0 spiro atoms. The molecule has 1 aliphatic heterocycles. The number of piperidine rings is 1. The Bertz CT molecular complexity index is 731. The van der Waals surface area contributed by atoms with E-state index in [2.05, 4.69) is 22.3 Å². The molecule has 0 radical (unpaired) electrons. The first-order valence-electron chi connectivity index (χ1n) is 8.69. The molecule has 3 nitrogen and oxygen atoms in total. The average molecular weight is 505 g/mol. The maximum atomic E-state index is 12.3. The minimum absolute atomic E-state index is 0. The van der Waals surface area contributed by atoms with Crippen LogP contribution in [-0.4, -0.2) is 30.4 Å². The molecule has 0 aliphatic carbocycles. The van der Waals surface area contributed by atoms with E-state index in [0.29, 0.717) is 15.6 Å². The Balaban J connectivity index is 0.00000243. The van der Waals surface area contributed by atoms with Gasteiger partial charge in [0.2, 0.25) is 0 Å². The van der Waals surface area contributed by atoms with Crippen LogP contribution in [0.3, 0.4) is 0 Å². The van der Waals surface area contributed by atoms with Gasteiger partial charge >= 0.3 is 0 Å². The summed E-state index contributed by atoms with van der Waals surface area (Å²) in [4.78, 5) is 14.8. The van der Waals surface area contributed by atoms with Crippen molar-refractivity contribution in [2.75, 3.05) is 25.0 Å². The molecule has 0 bridgehead atoms. The summed E-state index contributed by atoms with van der Waals surface area (Å²) in [5.41, 5.74) is 2.56. The quantitative estimate of drug-likeness (QED) is 0.514. The Morgan fingerprint density at radius 1 is 0.962 bits per heavy atom. The van der Waals surface area contributed by atoms with Crippen LogP contribution < -0.4 is 5.32 Å². The number of halogens is 3. The second kappa shape index (κ2) is 10.5. The molecule has 26 heavy (non-hydrogen) atoms. The number of carbonyl (C=O) groups is 1. The number of rotatable bonds is 5. The highest BCUT2D eigenvalue weighted by molar-refractivity contribution is 14.0. The van der Waals surface area contributed by atoms with E-state index in [0.717, 1.165) is 18.7 Å². The molecular formula is C20H23Cl2IN2O. The number of nitrogens with one attached hydrogen (secondary N) is 1. The Morgan fingerprint density at radius 2 is 1.65 bits per heavy atom. The first-order valence-corrected chi connectivity index (χ1v) is 9.45. The maximum Gasteiger partial charge on any atom is 0.255 e. The van der Waals surface area contributed by atoms with E-state index in [1.54, 1.807) is 18.2 Å². The van der Waals surface area contributed by atoms with Gasteiger partial charge in [0.05, 0.1) is 10.0 Å². The van der Waals surface area contributed by atoms with Crippen molar-refractivity contribution in [2.24, 2.45) is 0 Å². The van der Waals surface area contributed by atoms with Gasteiger partial charge < -0.3 is 10.2 Å². The summed E-state index contributed by atoms with van der Waals surface area (Å²) < 4.78 is 0. The van der Waals surface area contributed by atoms with Crippen LogP contribution in [0.15, 0.2) is 42.5 Å². The zero-order valence-electron chi connectivity index (χ0n) is 14.5. The van der Waals surface area contributed by atoms with Crippen LogP contribution in [0.25, 0.3) is 0 Å². The molecule has 6 heteroatoms. The lowest BCUT2D eigenvalue weighted by Gasteiger charge is -2.26. The van der Waals surface area contributed by atoms with Crippen molar-refractivity contribution < 1.29 is 4.79 Å². The highest BCUT2D eigenvalue weighted by Gasteiger charge is 2.10. The fourth-order valence-electron chi connectivity index (χ4n) is 3.07. The third-order valence-corrected chi connectivity index (χ3v) is 5.30. The van der Waals surface area contributed by atoms with E-state index >= 15 is 0 Å². The third-order valence-electron chi connectivity index (χ3n) is 4.56. The van der Waals surface area contributed by atoms with Gasteiger partial charge in [-0.25, -0.2) is 0 Å². The predicted octanol–water partition coefficient (Wildman–Crippen LogP) is 5.89. The van der Waals surface area contributed by atoms with Crippen molar-refractivity contribution in [1.29, 1.82) is 0 Å². The van der Waals surface area contributed by atoms with Crippen LogP contribution in [0, 0.1) is 0 Å². The van der Waals surface area contributed by atoms with Crippen molar-refractivity contribution in [3.8, 4) is 0 Å². The lowest BCUT2D eigenvalue weighted by molar-refractivity contribution is 0.102. The normalized spacial score (nSPS) is 14.5. The molecule has 1 amide bonds. The molecule has 1 fully saturated rings. The number of benzene rings is 2. The van der Waals surface area contributed by atoms with E-state index in [4.69, 9.17) is 23.2 Å². The molecule has 3 rings (SSSR count). The lowest BCUT2D eigenvalue weighted by atomic mass is 10.1. The second-order valence-electron chi connectivity index (χ2n) is 6.43. The summed E-state index contributed by atoms with van der Waals surface area (Å²) >= 11 is 11.8. The van der Waals surface area contributed by atoms with Gasteiger partial charge in [-0.3, -0.25) is 4.79 Å². The standard InChI is InChI=1S/C20H22Cl2N2O.HI/c21-18-9-6-16(14-19(18)22)20(25)23-17-7-4-15(5-8-17)10-13-24-11-2-1-3-12-24;/h4-9,14H,1-3,10-13H2,(H,23,25);1H. The van der Waals surface area contributed by atoms with Crippen LogP contribution in [0.5, 0.6) is 0 Å². The highest BCUT2D eigenvalue weighted by Crippen LogP contribution is 2.23. The molecule has 1 N–H and O–H groups in total. The van der Waals surface area contributed by atoms with Gasteiger partial charge in [0.25, 0.3) is 5.91 Å². The molecule has 0 atom stereocenters. The van der Waals surface area contributed by atoms with Gasteiger partial charge in [-0.15, -0.1) is 24.0 Å². The second-order valence-corrected chi connectivity index (χ2v) is 7.25. The SMILES string of the molecule is I.O=C(Nc1ccc(CCN2CCCCC2)cc1)c1ccc(Cl)c(Cl)c1.